The van der Waals surface area contributed by atoms with E-state index in [0.717, 1.165) is 53.5 Å². The third-order valence-corrected chi connectivity index (χ3v) is 6.02. The van der Waals surface area contributed by atoms with E-state index in [4.69, 9.17) is 9.26 Å². The first-order chi connectivity index (χ1) is 16.0. The van der Waals surface area contributed by atoms with E-state index in [1.807, 2.05) is 62.4 Å². The summed E-state index contributed by atoms with van der Waals surface area (Å²) in [6, 6.07) is 17.8. The molecule has 1 aliphatic rings. The van der Waals surface area contributed by atoms with Gasteiger partial charge in [0.05, 0.1) is 5.39 Å². The van der Waals surface area contributed by atoms with Gasteiger partial charge in [-0.25, -0.2) is 9.97 Å². The summed E-state index contributed by atoms with van der Waals surface area (Å²) < 4.78 is 11.6. The molecule has 2 heterocycles. The van der Waals surface area contributed by atoms with Gasteiger partial charge in [-0.15, -0.1) is 0 Å². The van der Waals surface area contributed by atoms with E-state index >= 15 is 0 Å². The van der Waals surface area contributed by atoms with Crippen LogP contribution in [0.2, 0.25) is 0 Å². The molecule has 1 aliphatic carbocycles. The van der Waals surface area contributed by atoms with Crippen molar-refractivity contribution >= 4 is 16.8 Å². The highest BCUT2D eigenvalue weighted by Crippen LogP contribution is 2.29. The Bertz CT molecular complexity index is 1260. The van der Waals surface area contributed by atoms with E-state index in [0.29, 0.717) is 17.3 Å². The maximum Gasteiger partial charge on any atom is 0.317 e. The van der Waals surface area contributed by atoms with E-state index < -0.39 is 0 Å². The second-order valence-electron chi connectivity index (χ2n) is 8.61. The van der Waals surface area contributed by atoms with Gasteiger partial charge in [-0.3, -0.25) is 4.79 Å². The molecule has 1 N–H and O–H groups in total. The van der Waals surface area contributed by atoms with Crippen LogP contribution in [0.5, 0.6) is 6.01 Å². The van der Waals surface area contributed by atoms with Crippen molar-refractivity contribution in [3.8, 4) is 17.3 Å². The van der Waals surface area contributed by atoms with Gasteiger partial charge in [-0.1, -0.05) is 35.5 Å². The molecule has 0 atom stereocenters. The van der Waals surface area contributed by atoms with Gasteiger partial charge >= 0.3 is 6.01 Å². The Morgan fingerprint density at radius 2 is 1.70 bits per heavy atom. The number of ether oxygens (including phenoxy) is 1. The summed E-state index contributed by atoms with van der Waals surface area (Å²) in [5.41, 5.74) is 4.07. The van der Waals surface area contributed by atoms with E-state index in [2.05, 4.69) is 20.4 Å². The number of benzene rings is 2. The summed E-state index contributed by atoms with van der Waals surface area (Å²) in [7, 11) is 0. The molecule has 0 spiro atoms. The third-order valence-electron chi connectivity index (χ3n) is 6.02. The minimum Gasteiger partial charge on any atom is -0.460 e. The molecule has 7 heteroatoms. The molecule has 168 valence electrons. The molecule has 1 fully saturated rings. The number of amides is 1. The summed E-state index contributed by atoms with van der Waals surface area (Å²) in [6.45, 7) is 3.88. The highest BCUT2D eigenvalue weighted by molar-refractivity contribution is 6.01. The number of aryl methyl sites for hydroxylation is 2. The zero-order chi connectivity index (χ0) is 22.8. The number of rotatable bonds is 5. The summed E-state index contributed by atoms with van der Waals surface area (Å²) in [5, 5.41) is 8.14. The Kier molecular flexibility index (Phi) is 5.77. The van der Waals surface area contributed by atoms with E-state index in [9.17, 15) is 4.79 Å². The summed E-state index contributed by atoms with van der Waals surface area (Å²) in [5.74, 6) is 0.589. The molecule has 0 radical (unpaired) electrons. The Hall–Kier alpha value is -3.74. The topological polar surface area (TPSA) is 90.1 Å². The first kappa shape index (κ1) is 21.1. The number of fused-ring (bicyclic) bond motifs is 1. The lowest BCUT2D eigenvalue weighted by atomic mass is 9.92. The molecule has 2 aromatic heterocycles. The summed E-state index contributed by atoms with van der Waals surface area (Å²) >= 11 is 0. The van der Waals surface area contributed by atoms with Crippen LogP contribution in [0.3, 0.4) is 0 Å². The van der Waals surface area contributed by atoms with Crippen molar-refractivity contribution in [3.05, 3.63) is 71.5 Å². The lowest BCUT2D eigenvalue weighted by Gasteiger charge is -2.29. The van der Waals surface area contributed by atoms with Crippen molar-refractivity contribution in [1.82, 2.24) is 20.4 Å². The molecule has 2 aromatic carbocycles. The number of nitrogens with one attached hydrogen (secondary N) is 1. The number of hydrogen-bond donors (Lipinski definition) is 1. The van der Waals surface area contributed by atoms with Crippen molar-refractivity contribution in [2.45, 2.75) is 51.7 Å². The SMILES string of the molecule is Cc1cc(C)nc(OC2CCC(NC(=O)c3ccc4noc(-c5ccccc5)c4c3)CC2)n1. The fraction of sp³-hybridized carbons (Fsp3) is 0.308. The van der Waals surface area contributed by atoms with E-state index in [-0.39, 0.29) is 18.1 Å². The molecule has 1 amide bonds. The van der Waals surface area contributed by atoms with E-state index in [1.165, 1.54) is 0 Å². The number of carbonyl (C=O) groups excluding carboxylic acids is 1. The van der Waals surface area contributed by atoms with Crippen LogP contribution in [0.1, 0.15) is 47.4 Å². The standard InChI is InChI=1S/C26H26N4O3/c1-16-14-17(2)28-26(27-16)32-21-11-9-20(10-12-21)29-25(31)19-8-13-23-22(15-19)24(33-30-23)18-6-4-3-5-7-18/h3-8,13-15,20-21H,9-12H2,1-2H3,(H,29,31). The van der Waals surface area contributed by atoms with Crippen LogP contribution in [0, 0.1) is 13.8 Å². The summed E-state index contributed by atoms with van der Waals surface area (Å²) in [6.07, 6.45) is 3.48. The number of carbonyl (C=O) groups is 1. The van der Waals surface area contributed by atoms with Crippen LogP contribution in [-0.4, -0.2) is 33.2 Å². The van der Waals surface area contributed by atoms with Crippen LogP contribution < -0.4 is 10.1 Å². The quantitative estimate of drug-likeness (QED) is 0.467. The minimum atomic E-state index is -0.0841. The monoisotopic (exact) mass is 442 g/mol. The fourth-order valence-corrected chi connectivity index (χ4v) is 4.37. The van der Waals surface area contributed by atoms with Crippen molar-refractivity contribution in [1.29, 1.82) is 0 Å². The maximum atomic E-state index is 13.0. The van der Waals surface area contributed by atoms with Crippen LogP contribution in [0.25, 0.3) is 22.2 Å². The van der Waals surface area contributed by atoms with Gasteiger partial charge < -0.3 is 14.6 Å². The molecule has 0 bridgehead atoms. The van der Waals surface area contributed by atoms with Crippen LogP contribution in [-0.2, 0) is 0 Å². The molecular formula is C26H26N4O3. The smallest absolute Gasteiger partial charge is 0.317 e. The number of hydrogen-bond acceptors (Lipinski definition) is 6. The Morgan fingerprint density at radius 1 is 0.970 bits per heavy atom. The molecule has 5 rings (SSSR count). The van der Waals surface area contributed by atoms with Crippen molar-refractivity contribution in [2.75, 3.05) is 0 Å². The Labute approximate surface area is 192 Å². The number of aromatic nitrogens is 3. The maximum absolute atomic E-state index is 13.0. The Balaban J connectivity index is 1.22. The molecule has 1 saturated carbocycles. The van der Waals surface area contributed by atoms with E-state index in [1.54, 1.807) is 6.07 Å². The van der Waals surface area contributed by atoms with Gasteiger partial charge in [0.2, 0.25) is 0 Å². The first-order valence-electron chi connectivity index (χ1n) is 11.3. The molecule has 33 heavy (non-hydrogen) atoms. The first-order valence-corrected chi connectivity index (χ1v) is 11.3. The molecule has 4 aromatic rings. The predicted molar refractivity (Wildman–Crippen MR) is 125 cm³/mol. The van der Waals surface area contributed by atoms with Crippen LogP contribution in [0.15, 0.2) is 59.1 Å². The average Bonchev–Trinajstić information content (AvgIpc) is 3.23. The van der Waals surface area contributed by atoms with Crippen molar-refractivity contribution < 1.29 is 14.1 Å². The van der Waals surface area contributed by atoms with Crippen molar-refractivity contribution in [2.24, 2.45) is 0 Å². The molecule has 0 saturated heterocycles. The van der Waals surface area contributed by atoms with Gasteiger partial charge in [-0.2, -0.15) is 0 Å². The van der Waals surface area contributed by atoms with Crippen molar-refractivity contribution in [3.63, 3.8) is 0 Å². The van der Waals surface area contributed by atoms with Gasteiger partial charge in [0.1, 0.15) is 11.6 Å². The lowest BCUT2D eigenvalue weighted by molar-refractivity contribution is 0.0885. The molecule has 7 nitrogen and oxygen atoms in total. The number of nitrogens with zero attached hydrogens (tertiary/aromatic N) is 3. The van der Waals surface area contributed by atoms with Gasteiger partial charge in [0.15, 0.2) is 5.76 Å². The fourth-order valence-electron chi connectivity index (χ4n) is 4.37. The zero-order valence-corrected chi connectivity index (χ0v) is 18.7. The highest BCUT2D eigenvalue weighted by Gasteiger charge is 2.25. The zero-order valence-electron chi connectivity index (χ0n) is 18.7. The Morgan fingerprint density at radius 3 is 2.42 bits per heavy atom. The van der Waals surface area contributed by atoms with Gasteiger partial charge in [0, 0.05) is 28.6 Å². The van der Waals surface area contributed by atoms with Gasteiger partial charge in [-0.05, 0) is 63.8 Å². The summed E-state index contributed by atoms with van der Waals surface area (Å²) in [4.78, 5) is 21.7. The average molecular weight is 443 g/mol. The third kappa shape index (κ3) is 4.72. The second-order valence-corrected chi connectivity index (χ2v) is 8.61. The minimum absolute atomic E-state index is 0.0705. The lowest BCUT2D eigenvalue weighted by Crippen LogP contribution is -2.39. The highest BCUT2D eigenvalue weighted by atomic mass is 16.5. The molecular weight excluding hydrogens is 416 g/mol. The molecule has 0 unspecified atom stereocenters. The van der Waals surface area contributed by atoms with Crippen LogP contribution >= 0.6 is 0 Å². The normalized spacial score (nSPS) is 18.2. The largest absolute Gasteiger partial charge is 0.460 e. The van der Waals surface area contributed by atoms with Crippen LogP contribution in [0.4, 0.5) is 0 Å². The molecule has 0 aliphatic heterocycles. The second kappa shape index (κ2) is 9.02. The van der Waals surface area contributed by atoms with Gasteiger partial charge in [0.25, 0.3) is 5.91 Å². The predicted octanol–water partition coefficient (Wildman–Crippen LogP) is 5.02.